The van der Waals surface area contributed by atoms with Gasteiger partial charge in [0.1, 0.15) is 5.75 Å². The van der Waals surface area contributed by atoms with E-state index >= 15 is 0 Å². The second kappa shape index (κ2) is 7.64. The van der Waals surface area contributed by atoms with Crippen LogP contribution in [0.25, 0.3) is 10.8 Å². The zero-order valence-corrected chi connectivity index (χ0v) is 16.1. The van der Waals surface area contributed by atoms with Gasteiger partial charge in [-0.05, 0) is 61.2 Å². The molecule has 1 aromatic heterocycles. The molecule has 7 heteroatoms. The third-order valence-corrected chi connectivity index (χ3v) is 5.16. The predicted octanol–water partition coefficient (Wildman–Crippen LogP) is 3.89. The van der Waals surface area contributed by atoms with Crippen molar-refractivity contribution in [2.45, 2.75) is 31.8 Å². The van der Waals surface area contributed by atoms with Crippen molar-refractivity contribution in [2.24, 2.45) is 0 Å². The number of benzene rings is 2. The van der Waals surface area contributed by atoms with Crippen molar-refractivity contribution < 1.29 is 14.3 Å². The summed E-state index contributed by atoms with van der Waals surface area (Å²) < 4.78 is 10.7. The number of halogens is 1. The summed E-state index contributed by atoms with van der Waals surface area (Å²) in [6, 6.07) is 10.5. The third kappa shape index (κ3) is 3.73. The normalized spacial score (nSPS) is 13.9. The summed E-state index contributed by atoms with van der Waals surface area (Å²) in [6.07, 6.45) is 3.92. The summed E-state index contributed by atoms with van der Waals surface area (Å²) in [6.45, 7) is 0. The van der Waals surface area contributed by atoms with E-state index in [1.54, 1.807) is 24.3 Å². The van der Waals surface area contributed by atoms with E-state index in [4.69, 9.17) is 21.1 Å². The molecule has 0 saturated heterocycles. The zero-order valence-electron chi connectivity index (χ0n) is 15.3. The van der Waals surface area contributed by atoms with E-state index in [0.29, 0.717) is 28.1 Å². The predicted molar refractivity (Wildman–Crippen MR) is 106 cm³/mol. The SMILES string of the molecule is COC(=O)c1cc(Cl)cc(Cc2n[nH]c(=O)c3ccc(OC4CCC4)cc23)c1. The minimum atomic E-state index is -0.459. The maximum absolute atomic E-state index is 12.2. The number of fused-ring (bicyclic) bond motifs is 1. The van der Waals surface area contributed by atoms with Gasteiger partial charge in [-0.3, -0.25) is 4.79 Å². The maximum Gasteiger partial charge on any atom is 0.337 e. The van der Waals surface area contributed by atoms with E-state index in [0.717, 1.165) is 29.5 Å². The zero-order chi connectivity index (χ0) is 19.7. The number of esters is 1. The van der Waals surface area contributed by atoms with Crippen LogP contribution >= 0.6 is 11.6 Å². The van der Waals surface area contributed by atoms with Crippen molar-refractivity contribution in [3.63, 3.8) is 0 Å². The summed E-state index contributed by atoms with van der Waals surface area (Å²) >= 11 is 6.16. The average molecular weight is 399 g/mol. The van der Waals surface area contributed by atoms with Gasteiger partial charge in [-0.1, -0.05) is 11.6 Å². The molecule has 1 aliphatic carbocycles. The fourth-order valence-electron chi connectivity index (χ4n) is 3.27. The minimum Gasteiger partial charge on any atom is -0.490 e. The highest BCUT2D eigenvalue weighted by molar-refractivity contribution is 6.31. The number of H-pyrrole nitrogens is 1. The lowest BCUT2D eigenvalue weighted by molar-refractivity contribution is 0.0600. The number of nitrogens with one attached hydrogen (secondary N) is 1. The van der Waals surface area contributed by atoms with Crippen molar-refractivity contribution in [1.82, 2.24) is 10.2 Å². The molecule has 3 aromatic rings. The molecule has 0 aliphatic heterocycles. The number of rotatable bonds is 5. The highest BCUT2D eigenvalue weighted by Gasteiger charge is 2.19. The fourth-order valence-corrected chi connectivity index (χ4v) is 3.53. The molecule has 0 bridgehead atoms. The van der Waals surface area contributed by atoms with Gasteiger partial charge >= 0.3 is 5.97 Å². The molecule has 0 amide bonds. The first-order chi connectivity index (χ1) is 13.5. The Labute approximate surface area is 166 Å². The quantitative estimate of drug-likeness (QED) is 0.659. The van der Waals surface area contributed by atoms with Crippen molar-refractivity contribution in [3.05, 3.63) is 68.6 Å². The standard InChI is InChI=1S/C21H19ClN2O4/c1-27-21(26)13-7-12(8-14(22)10-13)9-19-18-11-16(28-15-3-2-4-15)5-6-17(18)20(25)24-23-19/h5-8,10-11,15H,2-4,9H2,1H3,(H,24,25). The lowest BCUT2D eigenvalue weighted by atomic mass is 9.96. The number of carbonyl (C=O) groups is 1. The average Bonchev–Trinajstić information content (AvgIpc) is 2.66. The molecule has 0 unspecified atom stereocenters. The highest BCUT2D eigenvalue weighted by atomic mass is 35.5. The number of hydrogen-bond acceptors (Lipinski definition) is 5. The first-order valence-corrected chi connectivity index (χ1v) is 9.47. The van der Waals surface area contributed by atoms with Crippen LogP contribution in [0.1, 0.15) is 40.9 Å². The van der Waals surface area contributed by atoms with Gasteiger partial charge in [0.05, 0.1) is 29.9 Å². The van der Waals surface area contributed by atoms with Gasteiger partial charge in [0.15, 0.2) is 0 Å². The number of ether oxygens (including phenoxy) is 2. The lowest BCUT2D eigenvalue weighted by Crippen LogP contribution is -2.24. The van der Waals surface area contributed by atoms with Crippen molar-refractivity contribution in [1.29, 1.82) is 0 Å². The van der Waals surface area contributed by atoms with E-state index < -0.39 is 5.97 Å². The number of aromatic amines is 1. The van der Waals surface area contributed by atoms with Crippen molar-refractivity contribution in [3.8, 4) is 5.75 Å². The summed E-state index contributed by atoms with van der Waals surface area (Å²) in [7, 11) is 1.32. The molecule has 0 spiro atoms. The summed E-state index contributed by atoms with van der Waals surface area (Å²) in [5.41, 5.74) is 1.58. The molecular weight excluding hydrogens is 380 g/mol. The van der Waals surface area contributed by atoms with Crippen LogP contribution < -0.4 is 10.3 Å². The number of hydrogen-bond donors (Lipinski definition) is 1. The van der Waals surface area contributed by atoms with E-state index in [2.05, 4.69) is 10.2 Å². The molecule has 28 heavy (non-hydrogen) atoms. The van der Waals surface area contributed by atoms with Crippen LogP contribution in [-0.4, -0.2) is 29.4 Å². The first kappa shape index (κ1) is 18.5. The molecule has 1 N–H and O–H groups in total. The molecule has 6 nitrogen and oxygen atoms in total. The Hall–Kier alpha value is -2.86. The summed E-state index contributed by atoms with van der Waals surface area (Å²) in [5.74, 6) is 0.270. The van der Waals surface area contributed by atoms with Gasteiger partial charge in [0.2, 0.25) is 0 Å². The van der Waals surface area contributed by atoms with Crippen molar-refractivity contribution >= 4 is 28.3 Å². The van der Waals surface area contributed by atoms with Crippen LogP contribution in [0.15, 0.2) is 41.2 Å². The lowest BCUT2D eigenvalue weighted by Gasteiger charge is -2.26. The highest BCUT2D eigenvalue weighted by Crippen LogP contribution is 2.28. The number of nitrogens with zero attached hydrogens (tertiary/aromatic N) is 1. The number of carbonyl (C=O) groups excluding carboxylic acids is 1. The Balaban J connectivity index is 1.72. The Morgan fingerprint density at radius 2 is 2.04 bits per heavy atom. The summed E-state index contributed by atoms with van der Waals surface area (Å²) in [5, 5.41) is 8.46. The monoisotopic (exact) mass is 398 g/mol. The van der Waals surface area contributed by atoms with Gasteiger partial charge in [-0.25, -0.2) is 9.89 Å². The van der Waals surface area contributed by atoms with Gasteiger partial charge in [0, 0.05) is 16.8 Å². The van der Waals surface area contributed by atoms with Crippen molar-refractivity contribution in [2.75, 3.05) is 7.11 Å². The van der Waals surface area contributed by atoms with Crippen LogP contribution in [0.4, 0.5) is 0 Å². The topological polar surface area (TPSA) is 81.3 Å². The molecule has 2 aromatic carbocycles. The summed E-state index contributed by atoms with van der Waals surface area (Å²) in [4.78, 5) is 24.0. The van der Waals surface area contributed by atoms with Crippen LogP contribution in [0.5, 0.6) is 5.75 Å². The number of aromatic nitrogens is 2. The Morgan fingerprint density at radius 3 is 2.75 bits per heavy atom. The largest absolute Gasteiger partial charge is 0.490 e. The van der Waals surface area contributed by atoms with Crippen LogP contribution in [0, 0.1) is 0 Å². The van der Waals surface area contributed by atoms with Crippen LogP contribution in [0.2, 0.25) is 5.02 Å². The molecule has 1 heterocycles. The Bertz CT molecular complexity index is 1110. The molecule has 1 saturated carbocycles. The minimum absolute atomic E-state index is 0.242. The molecule has 0 radical (unpaired) electrons. The van der Waals surface area contributed by atoms with Crippen LogP contribution in [-0.2, 0) is 11.2 Å². The molecular formula is C21H19ClN2O4. The second-order valence-electron chi connectivity index (χ2n) is 6.89. The molecule has 0 atom stereocenters. The van der Waals surface area contributed by atoms with Gasteiger partial charge in [-0.15, -0.1) is 0 Å². The van der Waals surface area contributed by atoms with Crippen LogP contribution in [0.3, 0.4) is 0 Å². The van der Waals surface area contributed by atoms with E-state index in [-0.39, 0.29) is 11.7 Å². The first-order valence-electron chi connectivity index (χ1n) is 9.09. The van der Waals surface area contributed by atoms with E-state index in [1.807, 2.05) is 12.1 Å². The Kier molecular flexibility index (Phi) is 5.05. The molecule has 4 rings (SSSR count). The third-order valence-electron chi connectivity index (χ3n) is 4.94. The number of methoxy groups -OCH3 is 1. The molecule has 144 valence electrons. The van der Waals surface area contributed by atoms with Gasteiger partial charge in [0.25, 0.3) is 5.56 Å². The van der Waals surface area contributed by atoms with Gasteiger partial charge < -0.3 is 9.47 Å². The van der Waals surface area contributed by atoms with E-state index in [9.17, 15) is 9.59 Å². The molecule has 1 fully saturated rings. The van der Waals surface area contributed by atoms with Gasteiger partial charge in [-0.2, -0.15) is 5.10 Å². The maximum atomic E-state index is 12.2. The fraction of sp³-hybridized carbons (Fsp3) is 0.286. The Morgan fingerprint density at radius 1 is 1.21 bits per heavy atom. The van der Waals surface area contributed by atoms with E-state index in [1.165, 1.54) is 13.5 Å². The molecule has 1 aliphatic rings. The smallest absolute Gasteiger partial charge is 0.337 e. The second-order valence-corrected chi connectivity index (χ2v) is 7.33.